The minimum atomic E-state index is -1.75. The highest BCUT2D eigenvalue weighted by atomic mass is 32.2. The highest BCUT2D eigenvalue weighted by Crippen LogP contribution is 2.23. The van der Waals surface area contributed by atoms with E-state index in [9.17, 15) is 87.5 Å². The topological polar surface area (TPSA) is 539 Å². The van der Waals surface area contributed by atoms with Gasteiger partial charge in [-0.15, -0.1) is 0 Å². The van der Waals surface area contributed by atoms with E-state index >= 15 is 0 Å². The first-order valence-electron chi connectivity index (χ1n) is 34.0. The summed E-state index contributed by atoms with van der Waals surface area (Å²) in [5.41, 5.74) is 24.3. The van der Waals surface area contributed by atoms with E-state index in [4.69, 9.17) is 22.9 Å². The maximum absolute atomic E-state index is 14.7. The standard InChI is InChI=1S/C67H103N15O18S/c1-37(2)31-47(76-60(92)48(32-38(3)4)77-62(94)50(35-83)79-64(96)52-16-11-28-81(52)65(97)42(69)33-40-18-20-41(85)21-19-40)59(91)72-43(15-9-10-27-68)56(88)73-45(26-30-101-5)58(90)75-46(23-25-55(71)87)66(98)82-29-12-17-53(82)63(95)74-44(22-24-54(70)86)57(89)78-49(34-39-13-7-6-8-14-39)61(93)80-51(36-84)67(99)100/h6-8,13-14,18-21,37-38,42-53,83-85H,9-12,15-17,22-36,68-69H2,1-5H3,(H2,70,86)(H2,71,87)(H,72,91)(H,73,88)(H,74,95)(H,75,90)(H,76,92)(H,77,94)(H,78,89)(H,79,96)(H,80,93)(H,99,100)/t42-,43-,44-,45-,46-,47-,48-,49-,50-,51-,52-,53-/m0/s1. The Morgan fingerprint density at radius 3 is 1.38 bits per heavy atom. The van der Waals surface area contributed by atoms with Gasteiger partial charge in [0.2, 0.25) is 76.8 Å². The third-order valence-electron chi connectivity index (χ3n) is 17.0. The Morgan fingerprint density at radius 1 is 0.495 bits per heavy atom. The van der Waals surface area contributed by atoms with Crippen LogP contribution < -0.4 is 70.8 Å². The molecular weight excluding hydrogens is 1330 g/mol. The Bertz CT molecular complexity index is 3150. The lowest BCUT2D eigenvalue weighted by Crippen LogP contribution is -2.61. The van der Waals surface area contributed by atoms with Crippen LogP contribution in [-0.4, -0.2) is 230 Å². The van der Waals surface area contributed by atoms with E-state index in [1.807, 2.05) is 0 Å². The number of aliphatic carboxylic acids is 1. The number of phenols is 1. The van der Waals surface area contributed by atoms with Crippen LogP contribution in [0.15, 0.2) is 54.6 Å². The number of unbranched alkanes of at least 4 members (excludes halogenated alkanes) is 1. The van der Waals surface area contributed by atoms with Crippen LogP contribution in [0.25, 0.3) is 0 Å². The smallest absolute Gasteiger partial charge is 0.328 e. The van der Waals surface area contributed by atoms with Gasteiger partial charge in [-0.25, -0.2) is 4.79 Å². The molecular formula is C67H103N15O18S. The number of amides is 13. The summed E-state index contributed by atoms with van der Waals surface area (Å²) in [7, 11) is 0. The minimum absolute atomic E-state index is 0.0156. The Kier molecular flexibility index (Phi) is 35.9. The first-order valence-corrected chi connectivity index (χ1v) is 35.4. The summed E-state index contributed by atoms with van der Waals surface area (Å²) >= 11 is 1.31. The number of aliphatic hydroxyl groups is 2. The predicted molar refractivity (Wildman–Crippen MR) is 370 cm³/mol. The molecule has 560 valence electrons. The van der Waals surface area contributed by atoms with Crippen molar-refractivity contribution >= 4 is 94.5 Å². The predicted octanol–water partition coefficient (Wildman–Crippen LogP) is -3.58. The number of nitrogens with zero attached hydrogens (tertiary/aromatic N) is 2. The molecule has 2 fully saturated rings. The summed E-state index contributed by atoms with van der Waals surface area (Å²) in [5, 5.41) is 62.4. The average molecular weight is 1440 g/mol. The van der Waals surface area contributed by atoms with Crippen molar-refractivity contribution in [2.24, 2.45) is 34.8 Å². The van der Waals surface area contributed by atoms with E-state index in [2.05, 4.69) is 47.9 Å². The van der Waals surface area contributed by atoms with Crippen molar-refractivity contribution in [3.05, 3.63) is 65.7 Å². The first kappa shape index (κ1) is 84.4. The largest absolute Gasteiger partial charge is 0.508 e. The number of thioether (sulfide) groups is 1. The Balaban J connectivity index is 1.53. The zero-order valence-corrected chi connectivity index (χ0v) is 58.8. The second-order valence-electron chi connectivity index (χ2n) is 26.1. The summed E-state index contributed by atoms with van der Waals surface area (Å²) < 4.78 is 0. The van der Waals surface area contributed by atoms with Crippen LogP contribution in [0.2, 0.25) is 0 Å². The van der Waals surface area contributed by atoms with Crippen LogP contribution in [0, 0.1) is 11.8 Å². The van der Waals surface area contributed by atoms with Crippen LogP contribution >= 0.6 is 11.8 Å². The van der Waals surface area contributed by atoms with Crippen molar-refractivity contribution in [1.29, 1.82) is 0 Å². The Labute approximate surface area is 591 Å². The second kappa shape index (κ2) is 43.0. The van der Waals surface area contributed by atoms with Crippen molar-refractivity contribution in [1.82, 2.24) is 57.7 Å². The molecule has 2 aliphatic heterocycles. The average Bonchev–Trinajstić information content (AvgIpc) is 1.74. The van der Waals surface area contributed by atoms with Gasteiger partial charge in [-0.05, 0) is 137 Å². The van der Waals surface area contributed by atoms with Gasteiger partial charge in [0, 0.05) is 32.4 Å². The molecule has 2 aromatic rings. The SMILES string of the molecule is CSCC[C@H](NC(=O)[C@H](CCCCN)NC(=O)[C@H](CC(C)C)NC(=O)[C@H](CC(C)C)NC(=O)[C@H](CO)NC(=O)[C@@H]1CCCN1C(=O)[C@@H](N)Cc1ccc(O)cc1)C(=O)N[C@@H](CCC(N)=O)C(=O)N1CCC[C@H]1C(=O)N[C@@H](CCC(N)=O)C(=O)N[C@@H](Cc1ccccc1)C(=O)N[C@@H](CO)C(=O)O. The molecule has 0 spiro atoms. The van der Waals surface area contributed by atoms with E-state index in [-0.39, 0.29) is 107 Å². The number of hydrogen-bond acceptors (Lipinski definition) is 20. The number of rotatable bonds is 44. The summed E-state index contributed by atoms with van der Waals surface area (Å²) in [6, 6.07) is -2.36. The van der Waals surface area contributed by atoms with Gasteiger partial charge < -0.3 is 101 Å². The lowest BCUT2D eigenvalue weighted by molar-refractivity contribution is -0.143. The number of aliphatic hydroxyl groups excluding tert-OH is 2. The van der Waals surface area contributed by atoms with Crippen LogP contribution in [0.3, 0.4) is 0 Å². The third-order valence-corrected chi connectivity index (χ3v) is 17.7. The molecule has 2 saturated heterocycles. The van der Waals surface area contributed by atoms with E-state index in [0.29, 0.717) is 30.4 Å². The molecule has 0 radical (unpaired) electrons. The Morgan fingerprint density at radius 2 is 0.901 bits per heavy atom. The highest BCUT2D eigenvalue weighted by Gasteiger charge is 2.42. The zero-order chi connectivity index (χ0) is 75.0. The number of primary amides is 2. The number of likely N-dealkylation sites (tertiary alicyclic amines) is 2. The number of carboxylic acids is 1. The van der Waals surface area contributed by atoms with Crippen molar-refractivity contribution < 1.29 is 87.5 Å². The fourth-order valence-electron chi connectivity index (χ4n) is 11.6. The number of nitrogens with two attached hydrogens (primary N) is 4. The second-order valence-corrected chi connectivity index (χ2v) is 27.1. The molecule has 0 unspecified atom stereocenters. The molecule has 0 saturated carbocycles. The molecule has 0 aliphatic carbocycles. The lowest BCUT2D eigenvalue weighted by Gasteiger charge is -2.31. The van der Waals surface area contributed by atoms with Gasteiger partial charge in [0.25, 0.3) is 0 Å². The van der Waals surface area contributed by atoms with Gasteiger partial charge >= 0.3 is 5.97 Å². The number of nitrogens with one attached hydrogen (secondary N) is 9. The maximum Gasteiger partial charge on any atom is 0.328 e. The van der Waals surface area contributed by atoms with Crippen LogP contribution in [-0.2, 0) is 80.0 Å². The van der Waals surface area contributed by atoms with Crippen molar-refractivity contribution in [3.63, 3.8) is 0 Å². The molecule has 2 heterocycles. The van der Waals surface area contributed by atoms with Gasteiger partial charge in [0.15, 0.2) is 0 Å². The van der Waals surface area contributed by atoms with Crippen molar-refractivity contribution in [2.45, 2.75) is 203 Å². The van der Waals surface area contributed by atoms with Gasteiger partial charge in [0.05, 0.1) is 19.3 Å². The molecule has 21 N–H and O–H groups in total. The number of phenolic OH excluding ortho intramolecular Hbond substituents is 1. The number of benzene rings is 2. The number of carboxylic acid groups (broad SMARTS) is 1. The van der Waals surface area contributed by atoms with E-state index in [1.54, 1.807) is 76.4 Å². The third kappa shape index (κ3) is 28.2. The van der Waals surface area contributed by atoms with Crippen LogP contribution in [0.4, 0.5) is 0 Å². The van der Waals surface area contributed by atoms with Gasteiger partial charge in [0.1, 0.15) is 72.2 Å². The summed E-state index contributed by atoms with van der Waals surface area (Å²) in [6.07, 6.45) is 1.61. The fourth-order valence-corrected chi connectivity index (χ4v) is 12.1. The number of aromatic hydroxyl groups is 1. The van der Waals surface area contributed by atoms with Gasteiger partial charge in [-0.2, -0.15) is 11.8 Å². The Hall–Kier alpha value is -8.99. The van der Waals surface area contributed by atoms with Crippen molar-refractivity contribution in [3.8, 4) is 5.75 Å². The molecule has 34 heteroatoms. The number of carbonyl (C=O) groups is 14. The molecule has 33 nitrogen and oxygen atoms in total. The van der Waals surface area contributed by atoms with E-state index in [0.717, 1.165) is 4.90 Å². The molecule has 13 amide bonds. The molecule has 4 rings (SSSR count). The quantitative estimate of drug-likeness (QED) is 0.0285. The lowest BCUT2D eigenvalue weighted by atomic mass is 9.99. The molecule has 2 aliphatic rings. The van der Waals surface area contributed by atoms with Crippen LogP contribution in [0.5, 0.6) is 5.75 Å². The number of hydrogen-bond donors (Lipinski definition) is 17. The molecule has 101 heavy (non-hydrogen) atoms. The molecule has 0 bridgehead atoms. The summed E-state index contributed by atoms with van der Waals surface area (Å²) in [6.45, 7) is 5.56. The van der Waals surface area contributed by atoms with Gasteiger partial charge in [-0.1, -0.05) is 70.2 Å². The van der Waals surface area contributed by atoms with Crippen LogP contribution in [0.1, 0.15) is 129 Å². The minimum Gasteiger partial charge on any atom is -0.508 e. The molecule has 2 aromatic carbocycles. The molecule has 0 aromatic heterocycles. The molecule has 12 atom stereocenters. The van der Waals surface area contributed by atoms with E-state index < -0.39 is 188 Å². The van der Waals surface area contributed by atoms with Gasteiger partial charge in [-0.3, -0.25) is 62.3 Å². The normalized spacial score (nSPS) is 17.3. The first-order chi connectivity index (χ1) is 47.9. The maximum atomic E-state index is 14.7. The zero-order valence-electron chi connectivity index (χ0n) is 58.0. The monoisotopic (exact) mass is 1440 g/mol. The fraction of sp³-hybridized carbons (Fsp3) is 0.612. The summed E-state index contributed by atoms with van der Waals surface area (Å²) in [4.78, 5) is 194. The number of carbonyl (C=O) groups excluding carboxylic acids is 13. The highest BCUT2D eigenvalue weighted by molar-refractivity contribution is 7.98. The van der Waals surface area contributed by atoms with Crippen molar-refractivity contribution in [2.75, 3.05) is 44.9 Å². The van der Waals surface area contributed by atoms with E-state index in [1.165, 1.54) is 28.8 Å². The summed E-state index contributed by atoms with van der Waals surface area (Å²) in [5.74, 6) is -12.8.